The molecule has 2 unspecified atom stereocenters. The quantitative estimate of drug-likeness (QED) is 0.434. The number of halogens is 1. The third kappa shape index (κ3) is 5.69. The molecule has 0 bridgehead atoms. The van der Waals surface area contributed by atoms with E-state index in [0.29, 0.717) is 11.5 Å². The van der Waals surface area contributed by atoms with Gasteiger partial charge in [0.15, 0.2) is 9.84 Å². The standard InChI is InChI=1S/C33H38FN5O7S/c1-47(45,46)27-6-4-25(23-17-24(34)30(41)29(23)27)38-10-8-19(9-11-38)18-36-12-14-37(15-13-36)20-2-3-21-22(16-20)33(44)39(32(21)43)26-5-7-28(40)35-31(26)42/h2-4,6,16,19,24,26,30,41H,5,7-15,17-18H2,1H3,(H,35,40,42)/t24?,26?,30-/m1/s1. The summed E-state index contributed by atoms with van der Waals surface area (Å²) in [5.74, 6) is -1.58. The number of piperidine rings is 2. The number of rotatable bonds is 6. The van der Waals surface area contributed by atoms with E-state index in [1.54, 1.807) is 18.2 Å². The highest BCUT2D eigenvalue weighted by molar-refractivity contribution is 7.90. The largest absolute Gasteiger partial charge is 0.385 e. The topological polar surface area (TPSA) is 148 Å². The summed E-state index contributed by atoms with van der Waals surface area (Å²) in [7, 11) is -3.60. The number of carbonyl (C=O) groups excluding carboxylic acids is 4. The normalized spacial score (nSPS) is 25.8. The minimum absolute atomic E-state index is 0.00613. The molecule has 0 radical (unpaired) electrons. The number of carbonyl (C=O) groups is 4. The number of hydrogen-bond acceptors (Lipinski definition) is 10. The number of nitrogens with zero attached hydrogens (tertiary/aromatic N) is 4. The molecule has 4 heterocycles. The molecule has 2 aromatic carbocycles. The Hall–Kier alpha value is -3.88. The molecule has 2 aromatic rings. The highest BCUT2D eigenvalue weighted by Crippen LogP contribution is 2.43. The second kappa shape index (κ2) is 12.0. The molecule has 0 spiro atoms. The monoisotopic (exact) mass is 667 g/mol. The Morgan fingerprint density at radius 1 is 0.894 bits per heavy atom. The predicted molar refractivity (Wildman–Crippen MR) is 170 cm³/mol. The fraction of sp³-hybridized carbons (Fsp3) is 0.515. The van der Waals surface area contributed by atoms with Gasteiger partial charge in [-0.3, -0.25) is 34.3 Å². The molecule has 3 atom stereocenters. The Morgan fingerprint density at radius 3 is 2.28 bits per heavy atom. The van der Waals surface area contributed by atoms with E-state index in [1.807, 2.05) is 6.07 Å². The Balaban J connectivity index is 0.942. The molecule has 47 heavy (non-hydrogen) atoms. The van der Waals surface area contributed by atoms with E-state index in [1.165, 1.54) is 6.07 Å². The maximum atomic E-state index is 14.6. The lowest BCUT2D eigenvalue weighted by atomic mass is 9.94. The highest BCUT2D eigenvalue weighted by Gasteiger charge is 2.45. The van der Waals surface area contributed by atoms with Crippen LogP contribution in [0, 0.1) is 5.92 Å². The zero-order valence-electron chi connectivity index (χ0n) is 26.2. The summed E-state index contributed by atoms with van der Waals surface area (Å²) < 4.78 is 39.2. The van der Waals surface area contributed by atoms with Crippen LogP contribution in [0.15, 0.2) is 35.2 Å². The molecule has 3 saturated heterocycles. The van der Waals surface area contributed by atoms with E-state index in [0.717, 1.165) is 81.2 Å². The summed E-state index contributed by atoms with van der Waals surface area (Å²) in [4.78, 5) is 58.0. The third-order valence-electron chi connectivity index (χ3n) is 10.4. The fourth-order valence-electron chi connectivity index (χ4n) is 7.84. The number of imide groups is 2. The van der Waals surface area contributed by atoms with Crippen molar-refractivity contribution in [3.05, 3.63) is 52.6 Å². The van der Waals surface area contributed by atoms with E-state index in [-0.39, 0.29) is 40.8 Å². The van der Waals surface area contributed by atoms with Gasteiger partial charge in [0.1, 0.15) is 18.3 Å². The van der Waals surface area contributed by atoms with E-state index in [2.05, 4.69) is 20.0 Å². The molecule has 4 aliphatic heterocycles. The molecule has 3 fully saturated rings. The Bertz CT molecular complexity index is 1770. The lowest BCUT2D eigenvalue weighted by Crippen LogP contribution is -2.54. The van der Waals surface area contributed by atoms with Gasteiger partial charge in [-0.25, -0.2) is 12.8 Å². The molecule has 0 aromatic heterocycles. The highest BCUT2D eigenvalue weighted by atomic mass is 32.2. The van der Waals surface area contributed by atoms with Gasteiger partial charge in [0.05, 0.1) is 16.0 Å². The van der Waals surface area contributed by atoms with Crippen molar-refractivity contribution in [3.8, 4) is 0 Å². The van der Waals surface area contributed by atoms with Gasteiger partial charge in [-0.2, -0.15) is 0 Å². The zero-order valence-corrected chi connectivity index (χ0v) is 27.0. The first-order valence-electron chi connectivity index (χ1n) is 16.2. The zero-order chi connectivity index (χ0) is 33.2. The van der Waals surface area contributed by atoms with Crippen LogP contribution in [0.5, 0.6) is 0 Å². The van der Waals surface area contributed by atoms with E-state index < -0.39 is 51.8 Å². The third-order valence-corrected chi connectivity index (χ3v) is 11.5. The summed E-state index contributed by atoms with van der Waals surface area (Å²) >= 11 is 0. The van der Waals surface area contributed by atoms with Crippen molar-refractivity contribution in [1.82, 2.24) is 15.1 Å². The number of sulfone groups is 1. The van der Waals surface area contributed by atoms with Crippen LogP contribution >= 0.6 is 0 Å². The maximum absolute atomic E-state index is 14.6. The van der Waals surface area contributed by atoms with Gasteiger partial charge in [0.2, 0.25) is 11.8 Å². The second-order valence-corrected chi connectivity index (χ2v) is 15.3. The SMILES string of the molecule is CS(=O)(=O)c1ccc(N2CCC(CN3CCN(c4ccc5c(c4)C(=O)N(C4CCC(=O)NC4=O)C5=O)CC3)CC2)c2c1[C@H](O)C(F)C2. The number of fused-ring (bicyclic) bond motifs is 2. The number of aliphatic hydroxyl groups is 1. The van der Waals surface area contributed by atoms with Crippen molar-refractivity contribution in [2.45, 2.75) is 55.3 Å². The molecule has 1 aliphatic carbocycles. The van der Waals surface area contributed by atoms with Crippen LogP contribution in [0.25, 0.3) is 0 Å². The van der Waals surface area contributed by atoms with E-state index >= 15 is 0 Å². The number of hydrogen-bond donors (Lipinski definition) is 2. The van der Waals surface area contributed by atoms with Gasteiger partial charge in [0, 0.05) is 81.8 Å². The van der Waals surface area contributed by atoms with Gasteiger partial charge in [0.25, 0.3) is 11.8 Å². The van der Waals surface area contributed by atoms with Crippen molar-refractivity contribution in [2.75, 3.05) is 61.9 Å². The summed E-state index contributed by atoms with van der Waals surface area (Å²) in [5.41, 5.74) is 3.02. The molecular weight excluding hydrogens is 629 g/mol. The first-order chi connectivity index (χ1) is 22.4. The van der Waals surface area contributed by atoms with Gasteiger partial charge in [-0.1, -0.05) is 0 Å². The number of benzene rings is 2. The van der Waals surface area contributed by atoms with E-state index in [9.17, 15) is 37.1 Å². The van der Waals surface area contributed by atoms with Crippen LogP contribution in [-0.4, -0.2) is 111 Å². The number of amides is 4. The summed E-state index contributed by atoms with van der Waals surface area (Å²) in [6.45, 7) is 5.65. The van der Waals surface area contributed by atoms with Crippen LogP contribution in [0.1, 0.15) is 63.6 Å². The second-order valence-electron chi connectivity index (χ2n) is 13.3. The van der Waals surface area contributed by atoms with Gasteiger partial charge in [-0.15, -0.1) is 0 Å². The van der Waals surface area contributed by atoms with Gasteiger partial charge >= 0.3 is 0 Å². The van der Waals surface area contributed by atoms with Crippen molar-refractivity contribution >= 4 is 44.8 Å². The first-order valence-corrected chi connectivity index (χ1v) is 18.1. The minimum Gasteiger partial charge on any atom is -0.385 e. The number of alkyl halides is 1. The predicted octanol–water partition coefficient (Wildman–Crippen LogP) is 1.46. The Labute approximate surface area is 272 Å². The maximum Gasteiger partial charge on any atom is 0.262 e. The Kier molecular flexibility index (Phi) is 8.08. The van der Waals surface area contributed by atoms with E-state index in [4.69, 9.17) is 0 Å². The summed E-state index contributed by atoms with van der Waals surface area (Å²) in [6, 6.07) is 7.49. The van der Waals surface area contributed by atoms with Gasteiger partial charge in [-0.05, 0) is 61.1 Å². The molecule has 14 heteroatoms. The van der Waals surface area contributed by atoms with Crippen LogP contribution < -0.4 is 15.1 Å². The molecular formula is C33H38FN5O7S. The smallest absolute Gasteiger partial charge is 0.262 e. The summed E-state index contributed by atoms with van der Waals surface area (Å²) in [6.07, 6.45) is 0.213. The molecule has 12 nitrogen and oxygen atoms in total. The number of nitrogens with one attached hydrogen (secondary N) is 1. The molecule has 7 rings (SSSR count). The lowest BCUT2D eigenvalue weighted by molar-refractivity contribution is -0.136. The van der Waals surface area contributed by atoms with Crippen LogP contribution in [0.4, 0.5) is 15.8 Å². The van der Waals surface area contributed by atoms with Crippen LogP contribution in [-0.2, 0) is 25.8 Å². The fourth-order valence-corrected chi connectivity index (χ4v) is 8.80. The minimum atomic E-state index is -3.60. The van der Waals surface area contributed by atoms with Crippen molar-refractivity contribution in [3.63, 3.8) is 0 Å². The lowest BCUT2D eigenvalue weighted by Gasteiger charge is -2.40. The average molecular weight is 668 g/mol. The van der Waals surface area contributed by atoms with Gasteiger partial charge < -0.3 is 14.9 Å². The average Bonchev–Trinajstić information content (AvgIpc) is 3.48. The van der Waals surface area contributed by atoms with Crippen molar-refractivity contribution in [2.24, 2.45) is 5.92 Å². The van der Waals surface area contributed by atoms with Crippen molar-refractivity contribution < 1.29 is 37.1 Å². The van der Waals surface area contributed by atoms with Crippen LogP contribution in [0.3, 0.4) is 0 Å². The molecule has 0 saturated carbocycles. The number of aliphatic hydroxyl groups excluding tert-OH is 1. The number of piperazine rings is 1. The molecule has 5 aliphatic rings. The molecule has 250 valence electrons. The molecule has 4 amide bonds. The molecule has 2 N–H and O–H groups in total. The Morgan fingerprint density at radius 2 is 1.60 bits per heavy atom. The van der Waals surface area contributed by atoms with Crippen molar-refractivity contribution in [1.29, 1.82) is 0 Å². The number of anilines is 2. The first kappa shape index (κ1) is 31.7. The van der Waals surface area contributed by atoms with Crippen LogP contribution in [0.2, 0.25) is 0 Å². The summed E-state index contributed by atoms with van der Waals surface area (Å²) in [5, 5.41) is 12.7.